The van der Waals surface area contributed by atoms with Crippen molar-refractivity contribution in [3.05, 3.63) is 0 Å². The van der Waals surface area contributed by atoms with Gasteiger partial charge in [0.25, 0.3) is 0 Å². The van der Waals surface area contributed by atoms with Gasteiger partial charge in [0.05, 0.1) is 25.7 Å². The van der Waals surface area contributed by atoms with Gasteiger partial charge in [-0.2, -0.15) is 0 Å². The third kappa shape index (κ3) is 12.0. The Kier molecular flexibility index (Phi) is 18.9. The summed E-state index contributed by atoms with van der Waals surface area (Å²) in [7, 11) is 0. The van der Waals surface area contributed by atoms with Crippen molar-refractivity contribution in [2.24, 2.45) is 0 Å². The first-order chi connectivity index (χ1) is 11.2. The summed E-state index contributed by atoms with van der Waals surface area (Å²) in [5, 5.41) is 53.5. The molecule has 0 aliphatic rings. The second-order valence-electron chi connectivity index (χ2n) is 5.00. The van der Waals surface area contributed by atoms with Crippen molar-refractivity contribution in [1.82, 2.24) is 0 Å². The van der Waals surface area contributed by atoms with Crippen LogP contribution in [0.15, 0.2) is 0 Å². The van der Waals surface area contributed by atoms with E-state index in [4.69, 9.17) is 25.5 Å². The van der Waals surface area contributed by atoms with E-state index in [2.05, 4.69) is 4.74 Å². The Morgan fingerprint density at radius 2 is 0.966 bits per heavy atom. The zero-order chi connectivity index (χ0) is 20.0. The minimum atomic E-state index is -3.17. The van der Waals surface area contributed by atoms with E-state index >= 15 is 0 Å². The van der Waals surface area contributed by atoms with E-state index in [1.165, 1.54) is 0 Å². The second kappa shape index (κ2) is 14.6. The molecule has 0 radical (unpaired) electrons. The molecule has 0 saturated heterocycles. The number of aliphatic hydroxyl groups is 1. The van der Waals surface area contributed by atoms with Crippen molar-refractivity contribution >= 4 is 65.4 Å². The molecule has 0 rings (SSSR count). The van der Waals surface area contributed by atoms with Gasteiger partial charge in [-0.05, 0) is 0 Å². The predicted octanol–water partition coefficient (Wildman–Crippen LogP) is -5.14. The van der Waals surface area contributed by atoms with E-state index in [0.717, 1.165) is 0 Å². The van der Waals surface area contributed by atoms with Crippen LogP contribution in [0.4, 0.5) is 0 Å². The average Bonchev–Trinajstić information content (AvgIpc) is 2.34. The van der Waals surface area contributed by atoms with Crippen molar-refractivity contribution < 1.29 is 80.6 Å². The van der Waals surface area contributed by atoms with Crippen molar-refractivity contribution in [1.29, 1.82) is 0 Å². The normalized spacial score (nSPS) is 11.5. The van der Waals surface area contributed by atoms with Gasteiger partial charge in [0.2, 0.25) is 5.60 Å². The summed E-state index contributed by atoms with van der Waals surface area (Å²) in [4.78, 5) is 66.0. The van der Waals surface area contributed by atoms with Crippen molar-refractivity contribution in [3.8, 4) is 0 Å². The molecule has 0 aromatic carbocycles. The molecule has 0 aromatic heterocycles. The number of carbonyl (C=O) groups is 6. The molecular weight excluding hydrogens is 423 g/mol. The molecule has 0 heterocycles. The zero-order valence-electron chi connectivity index (χ0n) is 13.9. The van der Waals surface area contributed by atoms with Crippen LogP contribution in [0.25, 0.3) is 0 Å². The molecule has 0 amide bonds. The first-order valence-electron chi connectivity index (χ1n) is 6.30. The van der Waals surface area contributed by atoms with Crippen LogP contribution >= 0.6 is 0 Å². The SMILES string of the molecule is O.O.O.O=C(O)CC(O)(CC(=O)OC(CC(=O)O)(CC(=O)O)C(=O)O)C(=O)O.[NaH]. The van der Waals surface area contributed by atoms with Crippen LogP contribution in [0.1, 0.15) is 25.7 Å². The van der Waals surface area contributed by atoms with Crippen LogP contribution in [0.3, 0.4) is 0 Å². The molecule has 0 aliphatic heterocycles. The van der Waals surface area contributed by atoms with Gasteiger partial charge in [0.15, 0.2) is 5.60 Å². The summed E-state index contributed by atoms with van der Waals surface area (Å²) in [5.74, 6) is -11.6. The number of hydrogen-bond acceptors (Lipinski definition) is 8. The summed E-state index contributed by atoms with van der Waals surface area (Å²) >= 11 is 0. The minimum absolute atomic E-state index is 0. The van der Waals surface area contributed by atoms with Gasteiger partial charge in [-0.3, -0.25) is 19.2 Å². The van der Waals surface area contributed by atoms with Crippen LogP contribution in [0.2, 0.25) is 0 Å². The Bertz CT molecular complexity index is 599. The van der Waals surface area contributed by atoms with Crippen LogP contribution in [0.5, 0.6) is 0 Å². The molecule has 0 fully saturated rings. The number of carboxylic acid groups (broad SMARTS) is 5. The van der Waals surface area contributed by atoms with Crippen molar-refractivity contribution in [3.63, 3.8) is 0 Å². The number of hydrogen-bond donors (Lipinski definition) is 6. The van der Waals surface area contributed by atoms with Gasteiger partial charge in [-0.1, -0.05) is 0 Å². The van der Waals surface area contributed by atoms with E-state index in [1.807, 2.05) is 0 Å². The van der Waals surface area contributed by atoms with E-state index in [9.17, 15) is 33.9 Å². The number of ether oxygens (including phenoxy) is 1. The fourth-order valence-corrected chi connectivity index (χ4v) is 1.77. The maximum atomic E-state index is 11.7. The molecule has 29 heavy (non-hydrogen) atoms. The van der Waals surface area contributed by atoms with Gasteiger partial charge in [-0.25, -0.2) is 9.59 Å². The summed E-state index contributed by atoms with van der Waals surface area (Å²) in [5.41, 5.74) is -6.24. The Labute approximate surface area is 182 Å². The third-order valence-electron chi connectivity index (χ3n) is 2.85. The summed E-state index contributed by atoms with van der Waals surface area (Å²) in [6, 6.07) is 0. The second-order valence-corrected chi connectivity index (χ2v) is 5.00. The standard InChI is InChI=1S/C12H14O13.Na.3H2O.H/c13-5(14)1-11(24,9(20)21)4-8(19)25-12(10(22)23,2-6(15)16)3-7(17)18;;;;;/h24H,1-4H2,(H,13,14)(H,15,16)(H,17,18)(H,20,21)(H,22,23);;3*1H2;. The molecule has 17 heteroatoms. The first kappa shape index (κ1) is 37.4. The first-order valence-corrected chi connectivity index (χ1v) is 6.30. The molecule has 166 valence electrons. The molecule has 0 aliphatic carbocycles. The molecule has 12 N–H and O–H groups in total. The molecule has 0 aromatic rings. The number of esters is 1. The third-order valence-corrected chi connectivity index (χ3v) is 2.85. The molecule has 1 unspecified atom stereocenters. The van der Waals surface area contributed by atoms with Gasteiger partial charge < -0.3 is 51.8 Å². The van der Waals surface area contributed by atoms with E-state index in [-0.39, 0.29) is 46.0 Å². The topological polar surface area (TPSA) is 328 Å². The molecule has 0 spiro atoms. The van der Waals surface area contributed by atoms with Crippen LogP contribution in [-0.4, -0.2) is 124 Å². The van der Waals surface area contributed by atoms with Crippen LogP contribution in [-0.2, 0) is 33.5 Å². The monoisotopic (exact) mass is 444 g/mol. The number of aliphatic carboxylic acids is 5. The predicted molar refractivity (Wildman–Crippen MR) is 88.4 cm³/mol. The number of carbonyl (C=O) groups excluding carboxylic acids is 1. The maximum absolute atomic E-state index is 11.7. The fraction of sp³-hybridized carbons (Fsp3) is 0.500. The van der Waals surface area contributed by atoms with Gasteiger partial charge >= 0.3 is 65.4 Å². The molecule has 1 atom stereocenters. The Morgan fingerprint density at radius 3 is 1.21 bits per heavy atom. The van der Waals surface area contributed by atoms with Crippen molar-refractivity contribution in [2.45, 2.75) is 36.9 Å². The van der Waals surface area contributed by atoms with E-state index in [0.29, 0.717) is 0 Å². The molecule has 16 nitrogen and oxygen atoms in total. The number of carboxylic acids is 5. The Morgan fingerprint density at radius 1 is 0.621 bits per heavy atom. The van der Waals surface area contributed by atoms with Crippen LogP contribution in [0, 0.1) is 0 Å². The Balaban J connectivity index is -0.000000480. The summed E-state index contributed by atoms with van der Waals surface area (Å²) < 4.78 is 4.33. The molecular formula is C12H21NaO16. The molecule has 0 bridgehead atoms. The van der Waals surface area contributed by atoms with E-state index in [1.54, 1.807) is 0 Å². The average molecular weight is 444 g/mol. The van der Waals surface area contributed by atoms with Crippen molar-refractivity contribution in [2.75, 3.05) is 0 Å². The van der Waals surface area contributed by atoms with Crippen LogP contribution < -0.4 is 0 Å². The number of rotatable bonds is 11. The summed E-state index contributed by atoms with van der Waals surface area (Å²) in [6.07, 6.45) is -5.94. The Hall–Kier alpha value is -2.34. The quantitative estimate of drug-likeness (QED) is 0.128. The molecule has 0 saturated carbocycles. The van der Waals surface area contributed by atoms with E-state index < -0.39 is 72.7 Å². The summed E-state index contributed by atoms with van der Waals surface area (Å²) in [6.45, 7) is 0. The van der Waals surface area contributed by atoms with Gasteiger partial charge in [-0.15, -0.1) is 0 Å². The fourth-order valence-electron chi connectivity index (χ4n) is 1.77. The van der Waals surface area contributed by atoms with Gasteiger partial charge in [0, 0.05) is 0 Å². The van der Waals surface area contributed by atoms with Gasteiger partial charge in [0.1, 0.15) is 0 Å². The zero-order valence-corrected chi connectivity index (χ0v) is 13.9.